The average molecular weight is 257 g/mol. The van der Waals surface area contributed by atoms with Crippen LogP contribution >= 0.6 is 0 Å². The van der Waals surface area contributed by atoms with Gasteiger partial charge < -0.3 is 21.0 Å². The van der Waals surface area contributed by atoms with E-state index < -0.39 is 23.7 Å². The van der Waals surface area contributed by atoms with Crippen molar-refractivity contribution in [3.05, 3.63) is 22.2 Å². The number of nitrogens with one attached hydrogen (secondary N) is 2. The van der Waals surface area contributed by atoms with Gasteiger partial charge in [0, 0.05) is 6.07 Å². The quantitative estimate of drug-likeness (QED) is 0.258. The van der Waals surface area contributed by atoms with Gasteiger partial charge in [0.05, 0.1) is 23.7 Å². The van der Waals surface area contributed by atoms with Crippen LogP contribution in [0.25, 0.3) is 0 Å². The van der Waals surface area contributed by atoms with Crippen molar-refractivity contribution in [1.82, 2.24) is 4.98 Å². The Bertz CT molecular complexity index is 435. The van der Waals surface area contributed by atoms with Crippen LogP contribution in [0.5, 0.6) is 0 Å². The summed E-state index contributed by atoms with van der Waals surface area (Å²) in [4.78, 5) is 14.1. The van der Waals surface area contributed by atoms with Crippen molar-refractivity contribution in [3.63, 3.8) is 0 Å². The molecule has 0 aliphatic heterocycles. The van der Waals surface area contributed by atoms with Gasteiger partial charge in [-0.3, -0.25) is 10.1 Å². The highest BCUT2D eigenvalue weighted by molar-refractivity contribution is 5.61. The summed E-state index contributed by atoms with van der Waals surface area (Å²) in [6.45, 7) is 0.673. The van der Waals surface area contributed by atoms with Crippen LogP contribution in [-0.4, -0.2) is 38.9 Å². The number of nitrogens with zero attached hydrogens (tertiary/aromatic N) is 2. The van der Waals surface area contributed by atoms with E-state index in [1.165, 1.54) is 19.1 Å². The van der Waals surface area contributed by atoms with Crippen molar-refractivity contribution in [2.75, 3.05) is 24.0 Å². The van der Waals surface area contributed by atoms with Gasteiger partial charge in [0.1, 0.15) is 5.82 Å². The van der Waals surface area contributed by atoms with E-state index in [4.69, 9.17) is 16.1 Å². The predicted octanol–water partition coefficient (Wildman–Crippen LogP) is -0.569. The molecule has 1 aromatic heterocycles. The molecule has 1 heterocycles. The number of nitro groups is 1. The molecule has 0 spiro atoms. The lowest BCUT2D eigenvalue weighted by Gasteiger charge is -2.26. The zero-order valence-electron chi connectivity index (χ0n) is 9.75. The van der Waals surface area contributed by atoms with Gasteiger partial charge in [-0.1, -0.05) is 0 Å². The first-order valence-electron chi connectivity index (χ1n) is 5.07. The van der Waals surface area contributed by atoms with E-state index in [-0.39, 0.29) is 17.3 Å². The van der Waals surface area contributed by atoms with Gasteiger partial charge in [0.2, 0.25) is 5.82 Å². The Morgan fingerprint density at radius 3 is 2.56 bits per heavy atom. The first kappa shape index (κ1) is 14.1. The van der Waals surface area contributed by atoms with Gasteiger partial charge >= 0.3 is 5.69 Å². The molecule has 0 fully saturated rings. The number of rotatable bonds is 6. The summed E-state index contributed by atoms with van der Waals surface area (Å²) in [6.07, 6.45) is 0. The Morgan fingerprint density at radius 2 is 2.11 bits per heavy atom. The maximum Gasteiger partial charge on any atom is 0.311 e. The molecule has 0 amide bonds. The minimum absolute atomic E-state index is 0.0824. The fraction of sp³-hybridized carbons (Fsp3) is 0.444. The summed E-state index contributed by atoms with van der Waals surface area (Å²) >= 11 is 0. The van der Waals surface area contributed by atoms with Gasteiger partial charge in [0.15, 0.2) is 0 Å². The monoisotopic (exact) mass is 257 g/mol. The second-order valence-corrected chi connectivity index (χ2v) is 3.97. The van der Waals surface area contributed by atoms with Crippen LogP contribution < -0.4 is 16.6 Å². The highest BCUT2D eigenvalue weighted by atomic mass is 16.6. The van der Waals surface area contributed by atoms with Crippen LogP contribution in [0.4, 0.5) is 17.3 Å². The lowest BCUT2D eigenvalue weighted by molar-refractivity contribution is -0.384. The largest absolute Gasteiger partial charge is 0.394 e. The highest BCUT2D eigenvalue weighted by Gasteiger charge is 2.27. The van der Waals surface area contributed by atoms with Crippen LogP contribution in [0.1, 0.15) is 6.92 Å². The number of aliphatic hydroxyl groups is 2. The normalized spacial score (nSPS) is 11.1. The molecule has 0 unspecified atom stereocenters. The van der Waals surface area contributed by atoms with E-state index in [1.54, 1.807) is 0 Å². The smallest absolute Gasteiger partial charge is 0.311 e. The van der Waals surface area contributed by atoms with E-state index in [9.17, 15) is 10.1 Å². The standard InChI is InChI=1S/C9H15N5O4/c1-9(4-15,5-16)12-8-6(14(17)18)2-3-7(11-8)13-10/h2-3,15-16H,4-5,10H2,1H3,(H2,11,12,13). The van der Waals surface area contributed by atoms with E-state index >= 15 is 0 Å². The Labute approximate surface area is 103 Å². The number of hydrazine groups is 1. The fourth-order valence-corrected chi connectivity index (χ4v) is 1.19. The Morgan fingerprint density at radius 1 is 1.50 bits per heavy atom. The van der Waals surface area contributed by atoms with E-state index in [2.05, 4.69) is 15.7 Å². The van der Waals surface area contributed by atoms with Crippen LogP contribution in [-0.2, 0) is 0 Å². The summed E-state index contributed by atoms with van der Waals surface area (Å²) in [5.41, 5.74) is 0.861. The molecule has 0 radical (unpaired) electrons. The molecule has 0 saturated carbocycles. The van der Waals surface area contributed by atoms with Crippen molar-refractivity contribution >= 4 is 17.3 Å². The second-order valence-electron chi connectivity index (χ2n) is 3.97. The van der Waals surface area contributed by atoms with Crippen LogP contribution in [0.3, 0.4) is 0 Å². The third-order valence-corrected chi connectivity index (χ3v) is 2.34. The zero-order chi connectivity index (χ0) is 13.8. The molecule has 100 valence electrons. The summed E-state index contributed by atoms with van der Waals surface area (Å²) in [5.74, 6) is 5.31. The molecule has 1 rings (SSSR count). The third-order valence-electron chi connectivity index (χ3n) is 2.34. The molecule has 0 bridgehead atoms. The maximum absolute atomic E-state index is 10.8. The minimum Gasteiger partial charge on any atom is -0.394 e. The molecule has 9 nitrogen and oxygen atoms in total. The summed E-state index contributed by atoms with van der Waals surface area (Å²) in [7, 11) is 0. The van der Waals surface area contributed by atoms with Crippen molar-refractivity contribution in [3.8, 4) is 0 Å². The van der Waals surface area contributed by atoms with Gasteiger partial charge in [-0.25, -0.2) is 10.8 Å². The van der Waals surface area contributed by atoms with Crippen molar-refractivity contribution in [1.29, 1.82) is 0 Å². The number of pyridine rings is 1. The van der Waals surface area contributed by atoms with Crippen LogP contribution in [0.2, 0.25) is 0 Å². The number of hydrogen-bond acceptors (Lipinski definition) is 8. The summed E-state index contributed by atoms with van der Waals surface area (Å²) in [6, 6.07) is 2.57. The lowest BCUT2D eigenvalue weighted by Crippen LogP contribution is -2.43. The molecule has 1 aromatic rings. The van der Waals surface area contributed by atoms with Gasteiger partial charge in [0.25, 0.3) is 0 Å². The second kappa shape index (κ2) is 5.58. The average Bonchev–Trinajstić information content (AvgIpc) is 2.38. The fourth-order valence-electron chi connectivity index (χ4n) is 1.19. The van der Waals surface area contributed by atoms with Crippen LogP contribution in [0, 0.1) is 10.1 Å². The van der Waals surface area contributed by atoms with E-state index in [0.717, 1.165) is 0 Å². The highest BCUT2D eigenvalue weighted by Crippen LogP contribution is 2.26. The molecular weight excluding hydrogens is 242 g/mol. The van der Waals surface area contributed by atoms with Gasteiger partial charge in [-0.15, -0.1) is 0 Å². The zero-order valence-corrected chi connectivity index (χ0v) is 9.75. The molecule has 0 aliphatic carbocycles. The number of anilines is 2. The Hall–Kier alpha value is -1.97. The summed E-state index contributed by atoms with van der Waals surface area (Å²) in [5, 5.41) is 31.7. The molecule has 0 atom stereocenters. The number of aliphatic hydroxyl groups excluding tert-OH is 2. The molecule has 0 saturated heterocycles. The molecule has 18 heavy (non-hydrogen) atoms. The maximum atomic E-state index is 10.8. The first-order chi connectivity index (χ1) is 8.45. The first-order valence-corrected chi connectivity index (χ1v) is 5.07. The van der Waals surface area contributed by atoms with Gasteiger partial charge in [-0.2, -0.15) is 0 Å². The number of nitrogens with two attached hydrogens (primary N) is 1. The lowest BCUT2D eigenvalue weighted by atomic mass is 10.1. The van der Waals surface area contributed by atoms with Crippen molar-refractivity contribution in [2.45, 2.75) is 12.5 Å². The number of hydrogen-bond donors (Lipinski definition) is 5. The molecule has 0 aromatic carbocycles. The Kier molecular flexibility index (Phi) is 4.37. The Balaban J connectivity index is 3.15. The van der Waals surface area contributed by atoms with Gasteiger partial charge in [-0.05, 0) is 13.0 Å². The summed E-state index contributed by atoms with van der Waals surface area (Å²) < 4.78 is 0. The van der Waals surface area contributed by atoms with Crippen LogP contribution in [0.15, 0.2) is 12.1 Å². The predicted molar refractivity (Wildman–Crippen MR) is 64.9 cm³/mol. The van der Waals surface area contributed by atoms with E-state index in [1.807, 2.05) is 0 Å². The SMILES string of the molecule is CC(CO)(CO)Nc1nc(NN)ccc1[N+](=O)[O-]. The van der Waals surface area contributed by atoms with Crippen molar-refractivity contribution in [2.24, 2.45) is 5.84 Å². The molecule has 9 heteroatoms. The minimum atomic E-state index is -1.12. The molecule has 6 N–H and O–H groups in total. The molecular formula is C9H15N5O4. The van der Waals surface area contributed by atoms with Crippen molar-refractivity contribution < 1.29 is 15.1 Å². The van der Waals surface area contributed by atoms with E-state index in [0.29, 0.717) is 0 Å². The number of nitrogen functional groups attached to an aromatic ring is 1. The third kappa shape index (κ3) is 3.03. The topological polar surface area (TPSA) is 147 Å². The molecule has 0 aliphatic rings. The number of aromatic nitrogens is 1.